The summed E-state index contributed by atoms with van der Waals surface area (Å²) in [7, 11) is 1.36. The molecule has 0 amide bonds. The maximum Gasteiger partial charge on any atom is 0.338 e. The smallest absolute Gasteiger partial charge is 0.338 e. The second kappa shape index (κ2) is 7.79. The Morgan fingerprint density at radius 3 is 2.78 bits per heavy atom. The third kappa shape index (κ3) is 4.11. The lowest BCUT2D eigenvalue weighted by Crippen LogP contribution is -2.03. The molecule has 2 aromatic carbocycles. The Morgan fingerprint density at radius 2 is 2.09 bits per heavy atom. The van der Waals surface area contributed by atoms with E-state index in [1.54, 1.807) is 30.5 Å². The molecule has 2 rings (SSSR count). The summed E-state index contributed by atoms with van der Waals surface area (Å²) in [5, 5.41) is 0.606. The number of carbonyl (C=O) groups is 1. The van der Waals surface area contributed by atoms with Crippen molar-refractivity contribution in [3.05, 3.63) is 58.1 Å². The van der Waals surface area contributed by atoms with Gasteiger partial charge in [-0.15, -0.1) is 0 Å². The molecule has 0 fully saturated rings. The molecule has 0 spiro atoms. The minimum Gasteiger partial charge on any atom is -0.493 e. The Morgan fingerprint density at radius 1 is 1.30 bits per heavy atom. The van der Waals surface area contributed by atoms with Crippen molar-refractivity contribution < 1.29 is 14.3 Å². The van der Waals surface area contributed by atoms with E-state index in [4.69, 9.17) is 21.1 Å². The molecule has 23 heavy (non-hydrogen) atoms. The van der Waals surface area contributed by atoms with Gasteiger partial charge >= 0.3 is 5.97 Å². The number of hydrogen-bond acceptors (Lipinski definition) is 4. The molecule has 0 saturated carbocycles. The topological polar surface area (TPSA) is 47.9 Å². The third-order valence-corrected chi connectivity index (χ3v) is 3.56. The van der Waals surface area contributed by atoms with Gasteiger partial charge in [-0.05, 0) is 49.7 Å². The maximum atomic E-state index is 11.7. The van der Waals surface area contributed by atoms with E-state index in [1.165, 1.54) is 7.11 Å². The minimum atomic E-state index is -0.377. The number of ether oxygens (including phenoxy) is 2. The van der Waals surface area contributed by atoms with Crippen LogP contribution in [0, 0.1) is 6.92 Å². The summed E-state index contributed by atoms with van der Waals surface area (Å²) in [6.45, 7) is 4.30. The van der Waals surface area contributed by atoms with E-state index in [1.807, 2.05) is 26.0 Å². The number of halogens is 1. The molecule has 0 aliphatic rings. The first kappa shape index (κ1) is 17.0. The highest BCUT2D eigenvalue weighted by atomic mass is 35.5. The van der Waals surface area contributed by atoms with Crippen LogP contribution in [-0.4, -0.2) is 25.9 Å². The third-order valence-electron chi connectivity index (χ3n) is 3.32. The van der Waals surface area contributed by atoms with E-state index in [0.29, 0.717) is 28.6 Å². The van der Waals surface area contributed by atoms with Crippen LogP contribution in [0.15, 0.2) is 41.4 Å². The van der Waals surface area contributed by atoms with Gasteiger partial charge in [0, 0.05) is 16.8 Å². The predicted octanol–water partition coefficient (Wildman–Crippen LogP) is 4.58. The summed E-state index contributed by atoms with van der Waals surface area (Å²) >= 11 is 6.04. The van der Waals surface area contributed by atoms with E-state index in [0.717, 1.165) is 11.1 Å². The van der Waals surface area contributed by atoms with Crippen LogP contribution in [0.5, 0.6) is 5.75 Å². The van der Waals surface area contributed by atoms with Crippen LogP contribution in [0.2, 0.25) is 5.02 Å². The predicted molar refractivity (Wildman–Crippen MR) is 92.4 cm³/mol. The van der Waals surface area contributed by atoms with Gasteiger partial charge in [-0.1, -0.05) is 17.7 Å². The van der Waals surface area contributed by atoms with Crippen LogP contribution in [0.1, 0.15) is 28.4 Å². The van der Waals surface area contributed by atoms with Gasteiger partial charge in [-0.3, -0.25) is 4.99 Å². The molecule has 4 nitrogen and oxygen atoms in total. The Balaban J connectivity index is 2.38. The van der Waals surface area contributed by atoms with Gasteiger partial charge in [-0.2, -0.15) is 0 Å². The Kier molecular flexibility index (Phi) is 5.77. The molecule has 5 heteroatoms. The van der Waals surface area contributed by atoms with Crippen LogP contribution < -0.4 is 4.74 Å². The van der Waals surface area contributed by atoms with Crippen molar-refractivity contribution in [2.24, 2.45) is 4.99 Å². The van der Waals surface area contributed by atoms with Crippen molar-refractivity contribution in [2.75, 3.05) is 13.7 Å². The van der Waals surface area contributed by atoms with Crippen LogP contribution in [0.4, 0.5) is 5.69 Å². The minimum absolute atomic E-state index is 0.377. The molecule has 0 saturated heterocycles. The maximum absolute atomic E-state index is 11.7. The van der Waals surface area contributed by atoms with Crippen molar-refractivity contribution in [1.82, 2.24) is 0 Å². The first-order chi connectivity index (χ1) is 11.1. The SMILES string of the molecule is CCOc1ccc(Cl)cc1C=Nc1cccc(C(=O)OC)c1C. The lowest BCUT2D eigenvalue weighted by molar-refractivity contribution is 0.0600. The molecule has 120 valence electrons. The van der Waals surface area contributed by atoms with Crippen molar-refractivity contribution in [3.63, 3.8) is 0 Å². The lowest BCUT2D eigenvalue weighted by atomic mass is 10.1. The zero-order valence-corrected chi connectivity index (χ0v) is 14.1. The highest BCUT2D eigenvalue weighted by molar-refractivity contribution is 6.30. The summed E-state index contributed by atoms with van der Waals surface area (Å²) in [5.41, 5.74) is 2.73. The molecular formula is C18H18ClNO3. The van der Waals surface area contributed by atoms with Crippen molar-refractivity contribution >= 4 is 29.5 Å². The first-order valence-electron chi connectivity index (χ1n) is 7.21. The van der Waals surface area contributed by atoms with Gasteiger partial charge in [0.1, 0.15) is 5.75 Å². The molecule has 0 aliphatic carbocycles. The molecule has 0 aliphatic heterocycles. The Hall–Kier alpha value is -2.33. The number of carbonyl (C=O) groups excluding carboxylic acids is 1. The van der Waals surface area contributed by atoms with Crippen molar-refractivity contribution in [3.8, 4) is 5.75 Å². The molecule has 0 aromatic heterocycles. The van der Waals surface area contributed by atoms with E-state index < -0.39 is 0 Å². The zero-order valence-electron chi connectivity index (χ0n) is 13.3. The van der Waals surface area contributed by atoms with Gasteiger partial charge in [0.05, 0.1) is 25.0 Å². The summed E-state index contributed by atoms with van der Waals surface area (Å²) in [6.07, 6.45) is 1.68. The number of esters is 1. The molecule has 0 N–H and O–H groups in total. The number of hydrogen-bond donors (Lipinski definition) is 0. The summed E-state index contributed by atoms with van der Waals surface area (Å²) in [6, 6.07) is 10.7. The molecule has 0 heterocycles. The van der Waals surface area contributed by atoms with Crippen molar-refractivity contribution in [2.45, 2.75) is 13.8 Å². The molecule has 0 atom stereocenters. The van der Waals surface area contributed by atoms with Crippen molar-refractivity contribution in [1.29, 1.82) is 0 Å². The van der Waals surface area contributed by atoms with Gasteiger partial charge < -0.3 is 9.47 Å². The Labute approximate surface area is 140 Å². The van der Waals surface area contributed by atoms with E-state index in [-0.39, 0.29) is 5.97 Å². The molecule has 0 unspecified atom stereocenters. The monoisotopic (exact) mass is 331 g/mol. The zero-order chi connectivity index (χ0) is 16.8. The highest BCUT2D eigenvalue weighted by Crippen LogP contribution is 2.25. The number of benzene rings is 2. The van der Waals surface area contributed by atoms with Crippen LogP contribution >= 0.6 is 11.6 Å². The molecule has 0 bridgehead atoms. The van der Waals surface area contributed by atoms with Gasteiger partial charge in [0.25, 0.3) is 0 Å². The number of nitrogens with zero attached hydrogens (tertiary/aromatic N) is 1. The average Bonchev–Trinajstić information content (AvgIpc) is 2.55. The fourth-order valence-corrected chi connectivity index (χ4v) is 2.32. The fourth-order valence-electron chi connectivity index (χ4n) is 2.14. The van der Waals surface area contributed by atoms with Gasteiger partial charge in [0.2, 0.25) is 0 Å². The number of aliphatic imine (C=N–C) groups is 1. The van der Waals surface area contributed by atoms with Crippen LogP contribution in [0.3, 0.4) is 0 Å². The second-order valence-electron chi connectivity index (χ2n) is 4.81. The highest BCUT2D eigenvalue weighted by Gasteiger charge is 2.11. The van der Waals surface area contributed by atoms with Crippen LogP contribution in [-0.2, 0) is 4.74 Å². The standard InChI is InChI=1S/C18H18ClNO3/c1-4-23-17-9-8-14(19)10-13(17)11-20-16-7-5-6-15(12(16)2)18(21)22-3/h5-11H,4H2,1-3H3. The number of methoxy groups -OCH3 is 1. The van der Waals surface area contributed by atoms with E-state index in [2.05, 4.69) is 4.99 Å². The van der Waals surface area contributed by atoms with Crippen LogP contribution in [0.25, 0.3) is 0 Å². The van der Waals surface area contributed by atoms with Gasteiger partial charge in [-0.25, -0.2) is 4.79 Å². The fraction of sp³-hybridized carbons (Fsp3) is 0.222. The van der Waals surface area contributed by atoms with E-state index >= 15 is 0 Å². The lowest BCUT2D eigenvalue weighted by Gasteiger charge is -2.08. The largest absolute Gasteiger partial charge is 0.493 e. The average molecular weight is 332 g/mol. The number of rotatable bonds is 5. The quantitative estimate of drug-likeness (QED) is 0.595. The molecule has 2 aromatic rings. The Bertz CT molecular complexity index is 741. The summed E-state index contributed by atoms with van der Waals surface area (Å²) in [4.78, 5) is 16.2. The summed E-state index contributed by atoms with van der Waals surface area (Å²) < 4.78 is 10.3. The molecular weight excluding hydrogens is 314 g/mol. The normalized spacial score (nSPS) is 10.8. The van der Waals surface area contributed by atoms with Gasteiger partial charge in [0.15, 0.2) is 0 Å². The second-order valence-corrected chi connectivity index (χ2v) is 5.25. The van der Waals surface area contributed by atoms with E-state index in [9.17, 15) is 4.79 Å². The summed E-state index contributed by atoms with van der Waals surface area (Å²) in [5.74, 6) is 0.333. The first-order valence-corrected chi connectivity index (χ1v) is 7.59. The molecule has 0 radical (unpaired) electrons.